The van der Waals surface area contributed by atoms with E-state index in [1.54, 1.807) is 27.9 Å². The summed E-state index contributed by atoms with van der Waals surface area (Å²) in [5.41, 5.74) is 18.3. The summed E-state index contributed by atoms with van der Waals surface area (Å²) in [6.07, 6.45) is 32.3. The number of allylic oxidation sites excluding steroid dienone is 11. The number of para-hydroxylation sites is 1. The average Bonchev–Trinajstić information content (AvgIpc) is 3.82. The lowest BCUT2D eigenvalue weighted by Gasteiger charge is -2.48. The normalized spacial score (nSPS) is 25.5. The molecule has 276 valence electrons. The number of fused-ring (bicyclic) bond motifs is 7. The van der Waals surface area contributed by atoms with Gasteiger partial charge >= 0.3 is 0 Å². The van der Waals surface area contributed by atoms with Crippen LogP contribution in [0.15, 0.2) is 148 Å². The van der Waals surface area contributed by atoms with E-state index in [2.05, 4.69) is 132 Å². The minimum absolute atomic E-state index is 0.403. The van der Waals surface area contributed by atoms with Gasteiger partial charge in [0.2, 0.25) is 0 Å². The first-order valence-corrected chi connectivity index (χ1v) is 21.6. The molecule has 0 bridgehead atoms. The Morgan fingerprint density at radius 2 is 1.45 bits per heavy atom. The van der Waals surface area contributed by atoms with Gasteiger partial charge in [-0.1, -0.05) is 126 Å². The quantitative estimate of drug-likeness (QED) is 0.180. The minimum atomic E-state index is 0.403. The molecule has 0 spiro atoms. The minimum Gasteiger partial charge on any atom is -0.460 e. The van der Waals surface area contributed by atoms with Crippen molar-refractivity contribution in [3.63, 3.8) is 0 Å². The van der Waals surface area contributed by atoms with Gasteiger partial charge in [0.25, 0.3) is 0 Å². The van der Waals surface area contributed by atoms with Crippen LogP contribution < -0.4 is 0 Å². The van der Waals surface area contributed by atoms with Crippen molar-refractivity contribution in [3.8, 4) is 11.1 Å². The third-order valence-electron chi connectivity index (χ3n) is 14.6. The fraction of sp³-hybridized carbons (Fsp3) is 0.296. The molecule has 2 aromatic heterocycles. The Hall–Kier alpha value is -5.34. The molecular weight excluding hydrogens is 679 g/mol. The van der Waals surface area contributed by atoms with Gasteiger partial charge in [0.15, 0.2) is 0 Å². The summed E-state index contributed by atoms with van der Waals surface area (Å²) in [7, 11) is 0. The Kier molecular flexibility index (Phi) is 7.70. The lowest BCUT2D eigenvalue weighted by atomic mass is 9.55. The van der Waals surface area contributed by atoms with Crippen molar-refractivity contribution in [2.75, 3.05) is 0 Å². The molecule has 0 amide bonds. The summed E-state index contributed by atoms with van der Waals surface area (Å²) in [4.78, 5) is 3.87. The number of hydrogen-bond donors (Lipinski definition) is 1. The molecule has 0 saturated carbocycles. The molecular formula is C54H49NO. The summed E-state index contributed by atoms with van der Waals surface area (Å²) in [5, 5.41) is 3.79. The summed E-state index contributed by atoms with van der Waals surface area (Å²) in [6, 6.07) is 30.8. The fourth-order valence-corrected chi connectivity index (χ4v) is 12.2. The van der Waals surface area contributed by atoms with Crippen LogP contribution in [0.5, 0.6) is 0 Å². The Morgan fingerprint density at radius 1 is 0.625 bits per heavy atom. The second kappa shape index (κ2) is 13.1. The van der Waals surface area contributed by atoms with E-state index in [1.165, 1.54) is 106 Å². The SMILES string of the molecule is C1=CC2=C(C=CCC2c2cccc(C3C4=C(CCCC4)C(c4cccc(-c5c6[nH]c7ccccc7c6cc6c7c(oc56)CCC=C7)c4)C4C=CCCC34)c2)CC1. The van der Waals surface area contributed by atoms with Crippen LogP contribution in [-0.4, -0.2) is 4.98 Å². The molecule has 5 unspecified atom stereocenters. The fourth-order valence-electron chi connectivity index (χ4n) is 12.2. The van der Waals surface area contributed by atoms with Gasteiger partial charge in [-0.05, 0) is 122 Å². The Morgan fingerprint density at radius 3 is 2.39 bits per heavy atom. The highest BCUT2D eigenvalue weighted by Crippen LogP contribution is 2.59. The maximum Gasteiger partial charge on any atom is 0.144 e. The zero-order valence-electron chi connectivity index (χ0n) is 32.2. The van der Waals surface area contributed by atoms with Crippen molar-refractivity contribution in [1.29, 1.82) is 0 Å². The van der Waals surface area contributed by atoms with Crippen LogP contribution in [0.25, 0.3) is 50.0 Å². The molecule has 2 nitrogen and oxygen atoms in total. The van der Waals surface area contributed by atoms with E-state index in [9.17, 15) is 0 Å². The van der Waals surface area contributed by atoms with Crippen LogP contribution in [-0.2, 0) is 6.42 Å². The molecule has 2 heterocycles. The van der Waals surface area contributed by atoms with Crippen LogP contribution in [0, 0.1) is 11.8 Å². The third kappa shape index (κ3) is 5.07. The molecule has 6 aliphatic carbocycles. The number of furan rings is 1. The molecule has 4 aromatic carbocycles. The number of rotatable bonds is 4. The van der Waals surface area contributed by atoms with Gasteiger partial charge in [-0.2, -0.15) is 0 Å². The van der Waals surface area contributed by atoms with Gasteiger partial charge < -0.3 is 9.40 Å². The van der Waals surface area contributed by atoms with Crippen LogP contribution in [0.3, 0.4) is 0 Å². The smallest absolute Gasteiger partial charge is 0.144 e. The lowest BCUT2D eigenvalue weighted by Crippen LogP contribution is -2.36. The number of H-pyrrole nitrogens is 1. The summed E-state index contributed by atoms with van der Waals surface area (Å²) in [6.45, 7) is 0. The summed E-state index contributed by atoms with van der Waals surface area (Å²) < 4.78 is 6.88. The van der Waals surface area contributed by atoms with E-state index in [-0.39, 0.29) is 0 Å². The highest BCUT2D eigenvalue weighted by Gasteiger charge is 2.45. The molecule has 2 heteroatoms. The summed E-state index contributed by atoms with van der Waals surface area (Å²) >= 11 is 0. The van der Waals surface area contributed by atoms with E-state index in [0.29, 0.717) is 29.6 Å². The standard InChI is InChI=1S/C54H49NO/c1-2-20-38-33(14-1)15-13-27-39(38)34-16-11-17-35(30-34)50-42-23-3-5-25-44(42)51(45-26-6-4-24-43(45)50)36-18-12-19-37(31-36)52-53-46(40-21-7-9-28-48(40)55-53)32-47-41-22-8-10-29-49(41)56-54(47)52/h2,5,7-9,11-13,15-22,25,28,30-32,39,42,44,50-51,55H,1,3-4,6,10,14,23-24,26-27,29H2. The van der Waals surface area contributed by atoms with Crippen LogP contribution >= 0.6 is 0 Å². The first kappa shape index (κ1) is 32.9. The van der Waals surface area contributed by atoms with Crippen molar-refractivity contribution in [3.05, 3.63) is 172 Å². The first-order valence-electron chi connectivity index (χ1n) is 21.6. The van der Waals surface area contributed by atoms with E-state index in [1.807, 2.05) is 0 Å². The zero-order valence-corrected chi connectivity index (χ0v) is 32.2. The Balaban J connectivity index is 1.01. The second-order valence-electron chi connectivity index (χ2n) is 17.5. The predicted molar refractivity (Wildman–Crippen MR) is 233 cm³/mol. The maximum absolute atomic E-state index is 6.88. The average molecular weight is 728 g/mol. The highest BCUT2D eigenvalue weighted by atomic mass is 16.3. The molecule has 0 saturated heterocycles. The van der Waals surface area contributed by atoms with E-state index in [4.69, 9.17) is 4.42 Å². The molecule has 6 aromatic rings. The second-order valence-corrected chi connectivity index (χ2v) is 17.5. The molecule has 0 radical (unpaired) electrons. The number of aromatic amines is 1. The van der Waals surface area contributed by atoms with Gasteiger partial charge in [-0.3, -0.25) is 0 Å². The van der Waals surface area contributed by atoms with E-state index < -0.39 is 0 Å². The number of aromatic nitrogens is 1. The van der Waals surface area contributed by atoms with Gasteiger partial charge in [-0.25, -0.2) is 0 Å². The van der Waals surface area contributed by atoms with Crippen LogP contribution in [0.2, 0.25) is 0 Å². The molecule has 6 aliphatic rings. The van der Waals surface area contributed by atoms with E-state index in [0.717, 1.165) is 30.6 Å². The largest absolute Gasteiger partial charge is 0.460 e. The predicted octanol–water partition coefficient (Wildman–Crippen LogP) is 14.7. The van der Waals surface area contributed by atoms with Gasteiger partial charge in [0.05, 0.1) is 5.52 Å². The van der Waals surface area contributed by atoms with Crippen LogP contribution in [0.4, 0.5) is 0 Å². The Labute approximate surface area is 330 Å². The van der Waals surface area contributed by atoms with Gasteiger partial charge in [0.1, 0.15) is 11.3 Å². The Bertz CT molecular complexity index is 2770. The topological polar surface area (TPSA) is 28.9 Å². The number of nitrogens with one attached hydrogen (secondary N) is 1. The summed E-state index contributed by atoms with van der Waals surface area (Å²) in [5.74, 6) is 3.58. The highest BCUT2D eigenvalue weighted by molar-refractivity contribution is 6.19. The first-order chi connectivity index (χ1) is 27.8. The maximum atomic E-state index is 6.88. The third-order valence-corrected chi connectivity index (χ3v) is 14.6. The van der Waals surface area contributed by atoms with E-state index >= 15 is 0 Å². The molecule has 12 rings (SSSR count). The van der Waals surface area contributed by atoms with Crippen molar-refractivity contribution in [2.45, 2.75) is 88.4 Å². The number of benzene rings is 4. The molecule has 0 aliphatic heterocycles. The monoisotopic (exact) mass is 727 g/mol. The molecule has 56 heavy (non-hydrogen) atoms. The van der Waals surface area contributed by atoms with Crippen molar-refractivity contribution in [2.24, 2.45) is 11.8 Å². The number of aryl methyl sites for hydroxylation is 1. The zero-order chi connectivity index (χ0) is 36.7. The molecule has 5 atom stereocenters. The van der Waals surface area contributed by atoms with Crippen LogP contribution in [0.1, 0.15) is 110 Å². The van der Waals surface area contributed by atoms with Crippen molar-refractivity contribution >= 4 is 38.9 Å². The lowest BCUT2D eigenvalue weighted by molar-refractivity contribution is 0.256. The van der Waals surface area contributed by atoms with Gasteiger partial charge in [0, 0.05) is 57.0 Å². The molecule has 0 fully saturated rings. The van der Waals surface area contributed by atoms with Gasteiger partial charge in [-0.15, -0.1) is 0 Å². The van der Waals surface area contributed by atoms with Crippen molar-refractivity contribution < 1.29 is 4.42 Å². The molecule has 1 N–H and O–H groups in total. The number of hydrogen-bond acceptors (Lipinski definition) is 1. The van der Waals surface area contributed by atoms with Crippen molar-refractivity contribution in [1.82, 2.24) is 4.98 Å².